The van der Waals surface area contributed by atoms with E-state index in [2.05, 4.69) is 43.2 Å². The van der Waals surface area contributed by atoms with Crippen LogP contribution in [0.3, 0.4) is 0 Å². The molecule has 0 spiro atoms. The van der Waals surface area contributed by atoms with Gasteiger partial charge in [-0.1, -0.05) is 35.4 Å². The molecule has 24 heavy (non-hydrogen) atoms. The molecule has 122 valence electrons. The molecule has 0 saturated heterocycles. The summed E-state index contributed by atoms with van der Waals surface area (Å²) in [7, 11) is 1.52. The fraction of sp³-hybridized carbons (Fsp3) is 0.125. The lowest BCUT2D eigenvalue weighted by Crippen LogP contribution is -2.15. The van der Waals surface area contributed by atoms with Crippen molar-refractivity contribution in [3.63, 3.8) is 0 Å². The molecule has 1 N–H and O–H groups in total. The molecule has 3 aromatic rings. The number of anilines is 1. The van der Waals surface area contributed by atoms with Crippen LogP contribution in [0.15, 0.2) is 47.5 Å². The maximum atomic E-state index is 12.6. The molecule has 0 aliphatic heterocycles. The van der Waals surface area contributed by atoms with Crippen molar-refractivity contribution >= 4 is 38.6 Å². The van der Waals surface area contributed by atoms with Gasteiger partial charge in [0.05, 0.1) is 23.7 Å². The molecule has 0 bridgehead atoms. The van der Waals surface area contributed by atoms with E-state index in [4.69, 9.17) is 4.74 Å². The van der Waals surface area contributed by atoms with E-state index in [9.17, 15) is 4.79 Å². The predicted molar refractivity (Wildman–Crippen MR) is 94.2 cm³/mol. The second-order valence-electron chi connectivity index (χ2n) is 4.90. The molecule has 1 aromatic heterocycles. The summed E-state index contributed by atoms with van der Waals surface area (Å²) in [6.45, 7) is 4.01. The zero-order chi connectivity index (χ0) is 17.1. The van der Waals surface area contributed by atoms with E-state index in [-0.39, 0.29) is 11.9 Å². The Labute approximate surface area is 146 Å². The smallest absolute Gasteiger partial charge is 0.270 e. The van der Waals surface area contributed by atoms with Gasteiger partial charge in [-0.3, -0.25) is 10.1 Å². The van der Waals surface area contributed by atoms with Crippen LogP contribution in [0.4, 0.5) is 5.95 Å². The summed E-state index contributed by atoms with van der Waals surface area (Å²) in [4.78, 5) is 13.9. The molecule has 8 heteroatoms. The van der Waals surface area contributed by atoms with E-state index in [1.807, 2.05) is 24.3 Å². The number of hydrogen-bond donors (Lipinski definition) is 1. The van der Waals surface area contributed by atoms with Crippen LogP contribution in [-0.4, -0.2) is 33.2 Å². The van der Waals surface area contributed by atoms with Gasteiger partial charge in [0, 0.05) is 0 Å². The van der Waals surface area contributed by atoms with Crippen LogP contribution >= 0.6 is 15.9 Å². The highest BCUT2D eigenvalue weighted by Gasteiger charge is 2.19. The summed E-state index contributed by atoms with van der Waals surface area (Å²) in [5.41, 5.74) is 0.378. The minimum atomic E-state index is -0.378. The molecule has 3 rings (SSSR count). The highest BCUT2D eigenvalue weighted by Crippen LogP contribution is 2.36. The molecule has 0 fully saturated rings. The average Bonchev–Trinajstić information content (AvgIpc) is 3.02. The van der Waals surface area contributed by atoms with Gasteiger partial charge >= 0.3 is 0 Å². The number of benzene rings is 2. The lowest BCUT2D eigenvalue weighted by atomic mass is 10.1. The monoisotopic (exact) mass is 387 g/mol. The van der Waals surface area contributed by atoms with Gasteiger partial charge in [0.25, 0.3) is 11.9 Å². The summed E-state index contributed by atoms with van der Waals surface area (Å²) in [6.07, 6.45) is 1.64. The number of fused-ring (bicyclic) bond motifs is 1. The van der Waals surface area contributed by atoms with Crippen LogP contribution in [-0.2, 0) is 6.54 Å². The number of nitrogens with zero attached hydrogens (tertiary/aromatic N) is 4. The van der Waals surface area contributed by atoms with Crippen LogP contribution in [0.5, 0.6) is 5.75 Å². The number of rotatable bonds is 5. The zero-order valence-corrected chi connectivity index (χ0v) is 14.4. The molecule has 0 radical (unpaired) electrons. The van der Waals surface area contributed by atoms with Crippen LogP contribution in [0, 0.1) is 0 Å². The maximum absolute atomic E-state index is 12.6. The van der Waals surface area contributed by atoms with Crippen LogP contribution in [0.1, 0.15) is 10.4 Å². The fourth-order valence-corrected chi connectivity index (χ4v) is 3.04. The Morgan fingerprint density at radius 3 is 3.00 bits per heavy atom. The number of amides is 1. The van der Waals surface area contributed by atoms with E-state index < -0.39 is 0 Å². The third-order valence-electron chi connectivity index (χ3n) is 3.36. The quantitative estimate of drug-likeness (QED) is 0.680. The second-order valence-corrected chi connectivity index (χ2v) is 5.70. The average molecular weight is 388 g/mol. The summed E-state index contributed by atoms with van der Waals surface area (Å²) >= 11 is 3.51. The van der Waals surface area contributed by atoms with E-state index in [1.165, 1.54) is 11.9 Å². The topological polar surface area (TPSA) is 81.9 Å². The molecule has 0 aliphatic rings. The van der Waals surface area contributed by atoms with Gasteiger partial charge in [-0.25, -0.2) is 0 Å². The number of aromatic nitrogens is 4. The molecule has 1 amide bonds. The largest absolute Gasteiger partial charge is 0.495 e. The zero-order valence-electron chi connectivity index (χ0n) is 12.9. The highest BCUT2D eigenvalue weighted by atomic mass is 79.9. The fourth-order valence-electron chi connectivity index (χ4n) is 2.31. The third-order valence-corrected chi connectivity index (χ3v) is 4.15. The second kappa shape index (κ2) is 6.79. The van der Waals surface area contributed by atoms with Gasteiger partial charge in [0.2, 0.25) is 0 Å². The lowest BCUT2D eigenvalue weighted by Gasteiger charge is -2.12. The van der Waals surface area contributed by atoms with Crippen molar-refractivity contribution in [3.8, 4) is 5.75 Å². The summed E-state index contributed by atoms with van der Waals surface area (Å²) in [5, 5.41) is 16.1. The van der Waals surface area contributed by atoms with Crippen LogP contribution < -0.4 is 10.1 Å². The first-order valence-corrected chi connectivity index (χ1v) is 7.88. The van der Waals surface area contributed by atoms with Gasteiger partial charge in [-0.05, 0) is 38.0 Å². The van der Waals surface area contributed by atoms with Crippen molar-refractivity contribution in [1.29, 1.82) is 0 Å². The van der Waals surface area contributed by atoms with E-state index in [0.29, 0.717) is 17.9 Å². The van der Waals surface area contributed by atoms with Gasteiger partial charge in [-0.2, -0.15) is 4.80 Å². The first-order chi connectivity index (χ1) is 11.6. The Morgan fingerprint density at radius 1 is 1.46 bits per heavy atom. The van der Waals surface area contributed by atoms with Crippen molar-refractivity contribution in [2.75, 3.05) is 12.4 Å². The van der Waals surface area contributed by atoms with Crippen molar-refractivity contribution < 1.29 is 9.53 Å². The van der Waals surface area contributed by atoms with Crippen LogP contribution in [0.2, 0.25) is 0 Å². The van der Waals surface area contributed by atoms with Crippen molar-refractivity contribution in [3.05, 3.63) is 53.0 Å². The summed E-state index contributed by atoms with van der Waals surface area (Å²) in [6, 6.07) is 9.48. The SMILES string of the molecule is C=CCn1nnc(NC(=O)c2cc3ccccc3c(Br)c2OC)n1. The molecule has 2 aromatic carbocycles. The van der Waals surface area contributed by atoms with E-state index in [1.54, 1.807) is 12.1 Å². The Hall–Kier alpha value is -2.74. The number of carbonyl (C=O) groups is 1. The highest BCUT2D eigenvalue weighted by molar-refractivity contribution is 9.10. The molecule has 0 aliphatic carbocycles. The number of tetrazole rings is 1. The minimum absolute atomic E-state index is 0.119. The molecular weight excluding hydrogens is 374 g/mol. The summed E-state index contributed by atoms with van der Waals surface area (Å²) in [5.74, 6) is 0.189. The van der Waals surface area contributed by atoms with Gasteiger partial charge < -0.3 is 4.74 Å². The van der Waals surface area contributed by atoms with E-state index >= 15 is 0 Å². The third kappa shape index (κ3) is 3.00. The van der Waals surface area contributed by atoms with Crippen molar-refractivity contribution in [1.82, 2.24) is 20.2 Å². The molecule has 0 unspecified atom stereocenters. The van der Waals surface area contributed by atoms with Gasteiger partial charge in [0.1, 0.15) is 5.75 Å². The first kappa shape index (κ1) is 16.1. The Morgan fingerprint density at radius 2 is 2.25 bits per heavy atom. The molecule has 7 nitrogen and oxygen atoms in total. The molecule has 1 heterocycles. The van der Waals surface area contributed by atoms with Crippen LogP contribution in [0.25, 0.3) is 10.8 Å². The number of carbonyl (C=O) groups excluding carboxylic acids is 1. The Bertz CT molecular complexity index is 922. The molecule has 0 saturated carbocycles. The molecular formula is C16H14BrN5O2. The Kier molecular flexibility index (Phi) is 4.57. The van der Waals surface area contributed by atoms with Crippen molar-refractivity contribution in [2.45, 2.75) is 6.54 Å². The lowest BCUT2D eigenvalue weighted by molar-refractivity contribution is 0.102. The van der Waals surface area contributed by atoms with Gasteiger partial charge in [-0.15, -0.1) is 11.7 Å². The normalized spacial score (nSPS) is 10.6. The predicted octanol–water partition coefficient (Wildman–Crippen LogP) is 3.04. The number of allylic oxidation sites excluding steroid dienone is 1. The number of ether oxygens (including phenoxy) is 1. The number of hydrogen-bond acceptors (Lipinski definition) is 5. The Balaban J connectivity index is 1.97. The summed E-state index contributed by atoms with van der Waals surface area (Å²) < 4.78 is 6.12. The number of methoxy groups -OCH3 is 1. The number of halogens is 1. The molecule has 0 atom stereocenters. The maximum Gasteiger partial charge on any atom is 0.270 e. The van der Waals surface area contributed by atoms with Crippen molar-refractivity contribution in [2.24, 2.45) is 0 Å². The van der Waals surface area contributed by atoms with Gasteiger partial charge in [0.15, 0.2) is 0 Å². The first-order valence-electron chi connectivity index (χ1n) is 7.09. The van der Waals surface area contributed by atoms with E-state index in [0.717, 1.165) is 15.2 Å². The standard InChI is InChI=1S/C16H14BrN5O2/c1-3-8-22-20-16(19-21-22)18-15(23)12-9-10-6-4-5-7-11(10)13(17)14(12)24-2/h3-7,9H,1,8H2,2H3,(H,18,20,23). The number of nitrogens with one attached hydrogen (secondary N) is 1. The minimum Gasteiger partial charge on any atom is -0.495 e.